The predicted octanol–water partition coefficient (Wildman–Crippen LogP) is 9.35. The van der Waals surface area contributed by atoms with Crippen LogP contribution in [0.1, 0.15) is 74.2 Å². The van der Waals surface area contributed by atoms with Crippen molar-refractivity contribution in [3.63, 3.8) is 0 Å². The molecule has 0 bridgehead atoms. The summed E-state index contributed by atoms with van der Waals surface area (Å²) in [4.78, 5) is 68.4. The lowest BCUT2D eigenvalue weighted by Crippen LogP contribution is -2.74. The largest absolute Gasteiger partial charge is 0.457 e. The highest BCUT2D eigenvalue weighted by atomic mass is 35.5. The van der Waals surface area contributed by atoms with E-state index < -0.39 is 63.4 Å². The van der Waals surface area contributed by atoms with Crippen LogP contribution >= 0.6 is 34.7 Å². The average molecular weight is 971 g/mol. The van der Waals surface area contributed by atoms with Crippen molar-refractivity contribution in [2.75, 3.05) is 23.5 Å². The van der Waals surface area contributed by atoms with E-state index in [-0.39, 0.29) is 29.6 Å². The van der Waals surface area contributed by atoms with Crippen LogP contribution < -0.4 is 10.6 Å². The number of rotatable bonds is 16. The quantitative estimate of drug-likeness (QED) is 0.0240. The zero-order valence-corrected chi connectivity index (χ0v) is 40.6. The maximum absolute atomic E-state index is 14.6. The van der Waals surface area contributed by atoms with E-state index in [0.29, 0.717) is 5.13 Å². The Morgan fingerprint density at radius 3 is 1.78 bits per heavy atom. The average Bonchev–Trinajstić information content (AvgIpc) is 3.82. The van der Waals surface area contributed by atoms with Crippen LogP contribution in [-0.2, 0) is 39.0 Å². The Kier molecular flexibility index (Phi) is 14.1. The zero-order valence-electron chi connectivity index (χ0n) is 38.3. The summed E-state index contributed by atoms with van der Waals surface area (Å²) in [5.41, 5.74) is -0.310. The number of amides is 2. The van der Waals surface area contributed by atoms with Gasteiger partial charge in [0.05, 0.1) is 0 Å². The molecule has 2 saturated heterocycles. The van der Waals surface area contributed by atoms with E-state index in [1.54, 1.807) is 31.1 Å². The van der Waals surface area contributed by atoms with Crippen LogP contribution in [0.2, 0.25) is 0 Å². The predicted molar refractivity (Wildman–Crippen MR) is 266 cm³/mol. The number of ether oxygens (including phenoxy) is 2. The van der Waals surface area contributed by atoms with Crippen LogP contribution in [0.5, 0.6) is 0 Å². The normalized spacial score (nSPS) is 18.5. The number of oxime groups is 1. The van der Waals surface area contributed by atoms with Gasteiger partial charge in [-0.15, -0.1) is 34.7 Å². The van der Waals surface area contributed by atoms with Gasteiger partial charge in [0, 0.05) is 23.6 Å². The molecule has 68 heavy (non-hydrogen) atoms. The maximum atomic E-state index is 14.6. The molecule has 2 amide bonds. The van der Waals surface area contributed by atoms with Crippen molar-refractivity contribution < 1.29 is 33.5 Å². The molecule has 15 heteroatoms. The highest BCUT2D eigenvalue weighted by molar-refractivity contribution is 8.00. The molecular formula is C53H52ClN5O7S2. The van der Waals surface area contributed by atoms with E-state index in [1.807, 2.05) is 152 Å². The van der Waals surface area contributed by atoms with Gasteiger partial charge in [-0.05, 0) is 62.4 Å². The number of thiazole rings is 1. The van der Waals surface area contributed by atoms with E-state index in [4.69, 9.17) is 30.9 Å². The molecule has 350 valence electrons. The number of anilines is 1. The minimum absolute atomic E-state index is 0.00422. The number of halogens is 1. The first-order valence-corrected chi connectivity index (χ1v) is 24.6. The highest BCUT2D eigenvalue weighted by Gasteiger charge is 2.58. The molecule has 2 aliphatic heterocycles. The number of thioether (sulfide) groups is 1. The molecule has 0 radical (unpaired) electrons. The molecule has 8 rings (SSSR count). The SMILES string of the molecule is CC(C)(C)OC(=O)C(C)(C)ON=C(C(=O)NC1C(=O)N2CC(CCl)(C(=O)OC(c3ccccc3)c3ccccc3)CS[C@H]12)c1csc(NC(c2ccccc2)(c2ccccc2)c2ccccc2)n1. The van der Waals surface area contributed by atoms with Gasteiger partial charge in [-0.3, -0.25) is 14.4 Å². The summed E-state index contributed by atoms with van der Waals surface area (Å²) >= 11 is 9.19. The number of β-lactam (4-membered cyclic amide) rings is 1. The molecule has 2 N–H and O–H groups in total. The summed E-state index contributed by atoms with van der Waals surface area (Å²) in [6.07, 6.45) is -0.695. The van der Waals surface area contributed by atoms with Gasteiger partial charge >= 0.3 is 11.9 Å². The lowest BCUT2D eigenvalue weighted by Gasteiger charge is -2.53. The minimum atomic E-state index is -1.62. The topological polar surface area (TPSA) is 149 Å². The summed E-state index contributed by atoms with van der Waals surface area (Å²) < 4.78 is 11.9. The van der Waals surface area contributed by atoms with Crippen LogP contribution in [0.4, 0.5) is 5.13 Å². The fourth-order valence-corrected chi connectivity index (χ4v) is 10.8. The first kappa shape index (κ1) is 48.0. The molecular weight excluding hydrogens is 918 g/mol. The van der Waals surface area contributed by atoms with Crippen LogP contribution in [0.25, 0.3) is 0 Å². The van der Waals surface area contributed by atoms with Gasteiger partial charge < -0.3 is 29.8 Å². The first-order chi connectivity index (χ1) is 32.6. The molecule has 6 aromatic rings. The summed E-state index contributed by atoms with van der Waals surface area (Å²) in [6, 6.07) is 47.9. The van der Waals surface area contributed by atoms with Crippen molar-refractivity contribution in [1.82, 2.24) is 15.2 Å². The third kappa shape index (κ3) is 10.0. The number of fused-ring (bicyclic) bond motifs is 1. The van der Waals surface area contributed by atoms with Crippen molar-refractivity contribution >= 4 is 69.3 Å². The smallest absolute Gasteiger partial charge is 0.353 e. The Morgan fingerprint density at radius 2 is 1.29 bits per heavy atom. The number of nitrogens with zero attached hydrogens (tertiary/aromatic N) is 3. The van der Waals surface area contributed by atoms with E-state index in [0.717, 1.165) is 27.8 Å². The molecule has 2 unspecified atom stereocenters. The zero-order chi connectivity index (χ0) is 48.1. The van der Waals surface area contributed by atoms with Crippen LogP contribution in [0, 0.1) is 5.41 Å². The Morgan fingerprint density at radius 1 is 0.794 bits per heavy atom. The Bertz CT molecular complexity index is 2620. The van der Waals surface area contributed by atoms with E-state index >= 15 is 0 Å². The van der Waals surface area contributed by atoms with Gasteiger partial charge in [-0.25, -0.2) is 9.78 Å². The lowest BCUT2D eigenvalue weighted by molar-refractivity contribution is -0.179. The number of carbonyl (C=O) groups is 4. The third-order valence-electron chi connectivity index (χ3n) is 11.7. The number of nitrogens with one attached hydrogen (secondary N) is 2. The number of alkyl halides is 1. The van der Waals surface area contributed by atoms with Gasteiger partial charge in [0.2, 0.25) is 11.5 Å². The number of aromatic nitrogens is 1. The molecule has 0 saturated carbocycles. The van der Waals surface area contributed by atoms with Gasteiger partial charge in [0.25, 0.3) is 5.91 Å². The van der Waals surface area contributed by atoms with Crippen molar-refractivity contribution in [3.05, 3.63) is 191 Å². The van der Waals surface area contributed by atoms with Gasteiger partial charge in [-0.2, -0.15) is 0 Å². The number of esters is 2. The molecule has 2 aliphatic rings. The second-order valence-electron chi connectivity index (χ2n) is 18.2. The lowest BCUT2D eigenvalue weighted by atomic mass is 9.77. The van der Waals surface area contributed by atoms with Crippen LogP contribution in [-0.4, -0.2) is 80.1 Å². The molecule has 1 aromatic heterocycles. The fraction of sp³-hybridized carbons (Fsp3) is 0.283. The van der Waals surface area contributed by atoms with Crippen molar-refractivity contribution in [1.29, 1.82) is 0 Å². The number of carbonyl (C=O) groups excluding carboxylic acids is 4. The second-order valence-corrected chi connectivity index (χ2v) is 20.4. The van der Waals surface area contributed by atoms with E-state index in [9.17, 15) is 19.2 Å². The number of benzene rings is 5. The number of hydrogen-bond acceptors (Lipinski definition) is 12. The standard InChI is InChI=1S/C53H52ClN5O7S2/c1-50(2,3)65-47(62)51(4,5)66-58-41(40-31-67-49(55-40)57-53(37-25-15-8-16-26-37,38-27-17-9-18-28-38)39-29-19-10-20-30-39)44(60)56-42-45(61)59-33-52(32-54,34-68-46(42)59)48(63)64-43(35-21-11-6-12-22-35)36-23-13-7-14-24-36/h6-31,42-43,46H,32-34H2,1-5H3,(H,55,57)(H,56,60)/t42?,46-,52?/m1/s1. The van der Waals surface area contributed by atoms with E-state index in [1.165, 1.54) is 36.9 Å². The Balaban J connectivity index is 1.06. The van der Waals surface area contributed by atoms with Crippen molar-refractivity contribution in [3.8, 4) is 0 Å². The fourth-order valence-electron chi connectivity index (χ4n) is 8.10. The highest BCUT2D eigenvalue weighted by Crippen LogP contribution is 2.45. The monoisotopic (exact) mass is 969 g/mol. The van der Waals surface area contributed by atoms with Gasteiger partial charge in [0.15, 0.2) is 16.9 Å². The summed E-state index contributed by atoms with van der Waals surface area (Å²) in [5.74, 6) is -2.26. The third-order valence-corrected chi connectivity index (χ3v) is 14.5. The molecule has 12 nitrogen and oxygen atoms in total. The van der Waals surface area contributed by atoms with Crippen molar-refractivity contribution in [2.45, 2.75) is 68.9 Å². The molecule has 0 aliphatic carbocycles. The van der Waals surface area contributed by atoms with Crippen LogP contribution in [0.3, 0.4) is 0 Å². The van der Waals surface area contributed by atoms with Gasteiger partial charge in [0.1, 0.15) is 33.7 Å². The maximum Gasteiger partial charge on any atom is 0.353 e. The Labute approximate surface area is 409 Å². The van der Waals surface area contributed by atoms with Gasteiger partial charge in [-0.1, -0.05) is 157 Å². The Hall–Kier alpha value is -6.48. The van der Waals surface area contributed by atoms with E-state index in [2.05, 4.69) is 15.8 Å². The molecule has 3 atom stereocenters. The summed E-state index contributed by atoms with van der Waals surface area (Å²) in [5, 5.41) is 12.5. The number of hydrogen-bond donors (Lipinski definition) is 2. The molecule has 0 spiro atoms. The first-order valence-electron chi connectivity index (χ1n) is 22.1. The minimum Gasteiger partial charge on any atom is -0.457 e. The second kappa shape index (κ2) is 20.0. The molecule has 5 aromatic carbocycles. The van der Waals surface area contributed by atoms with Crippen molar-refractivity contribution in [2.24, 2.45) is 10.6 Å². The van der Waals surface area contributed by atoms with Crippen LogP contribution in [0.15, 0.2) is 162 Å². The molecule has 2 fully saturated rings. The summed E-state index contributed by atoms with van der Waals surface area (Å²) in [7, 11) is 0. The molecule has 3 heterocycles. The summed E-state index contributed by atoms with van der Waals surface area (Å²) in [6.45, 7) is 8.19.